The van der Waals surface area contributed by atoms with E-state index in [1.165, 1.54) is 5.56 Å². The number of piperidine rings is 1. The van der Waals surface area contributed by atoms with Crippen LogP contribution in [0.5, 0.6) is 11.5 Å². The molecule has 1 aromatic carbocycles. The van der Waals surface area contributed by atoms with Gasteiger partial charge in [0.05, 0.1) is 20.3 Å². The Hall–Kier alpha value is -1.22. The van der Waals surface area contributed by atoms with E-state index in [1.807, 2.05) is 13.1 Å². The number of halogens is 1. The second-order valence-corrected chi connectivity index (χ2v) is 7.50. The normalized spacial score (nSPS) is 15.8. The van der Waals surface area contributed by atoms with Crippen molar-refractivity contribution in [2.45, 2.75) is 45.1 Å². The molecular weight excluding hydrogens is 469 g/mol. The highest BCUT2D eigenvalue weighted by atomic mass is 127. The van der Waals surface area contributed by atoms with Crippen LogP contribution in [0.15, 0.2) is 23.2 Å². The van der Waals surface area contributed by atoms with E-state index in [0.717, 1.165) is 56.5 Å². The Morgan fingerprint density at radius 2 is 1.82 bits per heavy atom. The van der Waals surface area contributed by atoms with E-state index >= 15 is 0 Å². The second-order valence-electron chi connectivity index (χ2n) is 7.50. The van der Waals surface area contributed by atoms with Gasteiger partial charge in [-0.1, -0.05) is 19.9 Å². The Labute approximate surface area is 187 Å². The van der Waals surface area contributed by atoms with Gasteiger partial charge in [-0.15, -0.1) is 24.0 Å². The first kappa shape index (κ1) is 24.8. The third-order valence-electron chi connectivity index (χ3n) is 5.21. The van der Waals surface area contributed by atoms with E-state index in [0.29, 0.717) is 6.10 Å². The molecule has 0 spiro atoms. The lowest BCUT2D eigenvalue weighted by Gasteiger charge is -2.35. The van der Waals surface area contributed by atoms with Crippen LogP contribution in [0.2, 0.25) is 0 Å². The van der Waals surface area contributed by atoms with E-state index < -0.39 is 0 Å². The zero-order chi connectivity index (χ0) is 19.9. The predicted molar refractivity (Wildman–Crippen MR) is 126 cm³/mol. The van der Waals surface area contributed by atoms with Gasteiger partial charge in [-0.3, -0.25) is 4.99 Å². The Morgan fingerprint density at radius 3 is 2.36 bits per heavy atom. The topological polar surface area (TPSA) is 55.3 Å². The van der Waals surface area contributed by atoms with Gasteiger partial charge in [0, 0.05) is 38.7 Å². The molecule has 0 unspecified atom stereocenters. The number of rotatable bonds is 7. The van der Waals surface area contributed by atoms with Crippen molar-refractivity contribution in [1.82, 2.24) is 10.2 Å². The van der Waals surface area contributed by atoms with Crippen molar-refractivity contribution in [2.75, 3.05) is 47.5 Å². The lowest BCUT2D eigenvalue weighted by molar-refractivity contribution is 0.0263. The minimum absolute atomic E-state index is 0. The van der Waals surface area contributed by atoms with Crippen LogP contribution in [0.1, 0.15) is 39.2 Å². The molecule has 2 rings (SSSR count). The molecule has 1 saturated heterocycles. The molecule has 7 heteroatoms. The lowest BCUT2D eigenvalue weighted by atomic mass is 9.84. The maximum Gasteiger partial charge on any atom is 0.193 e. The fraction of sp³-hybridized carbons (Fsp3) is 0.667. The van der Waals surface area contributed by atoms with E-state index in [9.17, 15) is 0 Å². The summed E-state index contributed by atoms with van der Waals surface area (Å²) in [6, 6.07) is 6.11. The molecule has 0 saturated carbocycles. The van der Waals surface area contributed by atoms with Gasteiger partial charge in [0.25, 0.3) is 0 Å². The highest BCUT2D eigenvalue weighted by Gasteiger charge is 2.25. The summed E-state index contributed by atoms with van der Waals surface area (Å²) in [5.41, 5.74) is 1.11. The molecule has 0 amide bonds. The summed E-state index contributed by atoms with van der Waals surface area (Å²) in [5.74, 6) is 2.46. The maximum absolute atomic E-state index is 5.75. The molecule has 28 heavy (non-hydrogen) atoms. The molecule has 1 N–H and O–H groups in total. The van der Waals surface area contributed by atoms with Gasteiger partial charge >= 0.3 is 0 Å². The summed E-state index contributed by atoms with van der Waals surface area (Å²) in [4.78, 5) is 6.81. The molecule has 6 nitrogen and oxygen atoms in total. The first-order valence-corrected chi connectivity index (χ1v) is 9.74. The number of ether oxygens (including phenoxy) is 3. The van der Waals surface area contributed by atoms with Crippen molar-refractivity contribution in [2.24, 2.45) is 4.99 Å². The summed E-state index contributed by atoms with van der Waals surface area (Å²) in [7, 11) is 5.17. The number of likely N-dealkylation sites (tertiary alicyclic amines) is 1. The molecule has 1 aliphatic rings. The summed E-state index contributed by atoms with van der Waals surface area (Å²) < 4.78 is 16.6. The van der Waals surface area contributed by atoms with E-state index in [1.54, 1.807) is 14.2 Å². The van der Waals surface area contributed by atoms with Crippen molar-refractivity contribution >= 4 is 29.9 Å². The van der Waals surface area contributed by atoms with Crippen LogP contribution in [0.4, 0.5) is 0 Å². The number of hydrogen-bond acceptors (Lipinski definition) is 4. The second kappa shape index (κ2) is 11.7. The van der Waals surface area contributed by atoms with Crippen molar-refractivity contribution < 1.29 is 14.2 Å². The number of methoxy groups -OCH3 is 2. The molecule has 0 bridgehead atoms. The van der Waals surface area contributed by atoms with Crippen LogP contribution in [-0.4, -0.2) is 64.5 Å². The Balaban J connectivity index is 0.00000392. The highest BCUT2D eigenvalue weighted by molar-refractivity contribution is 14.0. The number of aliphatic imine (C=N–C) groups is 1. The van der Waals surface area contributed by atoms with Gasteiger partial charge in [0.2, 0.25) is 0 Å². The third kappa shape index (κ3) is 6.40. The first-order valence-electron chi connectivity index (χ1n) is 9.74. The smallest absolute Gasteiger partial charge is 0.193 e. The summed E-state index contributed by atoms with van der Waals surface area (Å²) in [6.07, 6.45) is 2.48. The van der Waals surface area contributed by atoms with Gasteiger partial charge in [0.1, 0.15) is 0 Å². The minimum Gasteiger partial charge on any atom is -0.493 e. The Morgan fingerprint density at radius 1 is 1.18 bits per heavy atom. The standard InChI is InChI=1S/C21H35N3O3.HI/c1-7-27-17-10-12-24(13-11-17)20(22-4)23-15-21(2,3)16-8-9-18(25-5)19(14-16)26-6;/h8-9,14,17H,7,10-13,15H2,1-6H3,(H,22,23);1H. The van der Waals surface area contributed by atoms with Crippen molar-refractivity contribution in [3.05, 3.63) is 23.8 Å². The number of benzene rings is 1. The highest BCUT2D eigenvalue weighted by Crippen LogP contribution is 2.33. The molecule has 0 aliphatic carbocycles. The fourth-order valence-electron chi connectivity index (χ4n) is 3.46. The van der Waals surface area contributed by atoms with Crippen LogP contribution >= 0.6 is 24.0 Å². The Bertz CT molecular complexity index is 629. The average molecular weight is 505 g/mol. The summed E-state index contributed by atoms with van der Waals surface area (Å²) >= 11 is 0. The SMILES string of the molecule is CCOC1CCN(C(=NC)NCC(C)(C)c2ccc(OC)c(OC)c2)CC1.I. The van der Waals surface area contributed by atoms with Gasteiger partial charge < -0.3 is 24.4 Å². The van der Waals surface area contributed by atoms with Gasteiger partial charge in [-0.05, 0) is 37.5 Å². The minimum atomic E-state index is -0.0842. The summed E-state index contributed by atoms with van der Waals surface area (Å²) in [6.45, 7) is 10.0. The van der Waals surface area contributed by atoms with Crippen LogP contribution in [0.25, 0.3) is 0 Å². The first-order chi connectivity index (χ1) is 12.9. The Kier molecular flexibility index (Phi) is 10.4. The van der Waals surface area contributed by atoms with Crippen molar-refractivity contribution in [3.8, 4) is 11.5 Å². The quantitative estimate of drug-likeness (QED) is 0.348. The van der Waals surface area contributed by atoms with Crippen molar-refractivity contribution in [1.29, 1.82) is 0 Å². The zero-order valence-corrected chi connectivity index (χ0v) is 20.4. The fourth-order valence-corrected chi connectivity index (χ4v) is 3.46. The van der Waals surface area contributed by atoms with E-state index in [-0.39, 0.29) is 29.4 Å². The van der Waals surface area contributed by atoms with Gasteiger partial charge in [-0.25, -0.2) is 0 Å². The van der Waals surface area contributed by atoms with Gasteiger partial charge in [-0.2, -0.15) is 0 Å². The van der Waals surface area contributed by atoms with Crippen LogP contribution in [-0.2, 0) is 10.2 Å². The molecule has 0 radical (unpaired) electrons. The molecule has 1 fully saturated rings. The van der Waals surface area contributed by atoms with Crippen LogP contribution in [0, 0.1) is 0 Å². The summed E-state index contributed by atoms with van der Waals surface area (Å²) in [5, 5.41) is 3.55. The number of guanidine groups is 1. The lowest BCUT2D eigenvalue weighted by Crippen LogP contribution is -2.49. The maximum atomic E-state index is 5.75. The average Bonchev–Trinajstić information content (AvgIpc) is 2.69. The zero-order valence-electron chi connectivity index (χ0n) is 18.1. The van der Waals surface area contributed by atoms with Crippen LogP contribution < -0.4 is 14.8 Å². The molecule has 160 valence electrons. The third-order valence-corrected chi connectivity index (χ3v) is 5.21. The molecule has 0 aromatic heterocycles. The largest absolute Gasteiger partial charge is 0.493 e. The number of hydrogen-bond donors (Lipinski definition) is 1. The van der Waals surface area contributed by atoms with E-state index in [4.69, 9.17) is 14.2 Å². The molecule has 1 heterocycles. The molecule has 1 aromatic rings. The number of nitrogens with one attached hydrogen (secondary N) is 1. The van der Waals surface area contributed by atoms with Crippen LogP contribution in [0.3, 0.4) is 0 Å². The van der Waals surface area contributed by atoms with Crippen molar-refractivity contribution in [3.63, 3.8) is 0 Å². The molecule has 1 aliphatic heterocycles. The molecular formula is C21H36IN3O3. The number of nitrogens with zero attached hydrogens (tertiary/aromatic N) is 2. The van der Waals surface area contributed by atoms with E-state index in [2.05, 4.69) is 48.1 Å². The van der Waals surface area contributed by atoms with Gasteiger partial charge in [0.15, 0.2) is 17.5 Å². The molecule has 0 atom stereocenters. The predicted octanol–water partition coefficient (Wildman–Crippen LogP) is 3.68. The monoisotopic (exact) mass is 505 g/mol.